The van der Waals surface area contributed by atoms with Crippen molar-refractivity contribution in [2.45, 2.75) is 10.7 Å². The van der Waals surface area contributed by atoms with Crippen molar-refractivity contribution in [1.29, 1.82) is 0 Å². The lowest BCUT2D eigenvalue weighted by Crippen LogP contribution is -2.21. The molecule has 0 saturated heterocycles. The number of benzene rings is 2. The van der Waals surface area contributed by atoms with Crippen LogP contribution in [0.15, 0.2) is 83.9 Å². The van der Waals surface area contributed by atoms with Gasteiger partial charge in [0.25, 0.3) is 11.7 Å². The number of aromatic nitrogens is 2. The fourth-order valence-electron chi connectivity index (χ4n) is 3.12. The van der Waals surface area contributed by atoms with Crippen molar-refractivity contribution in [2.75, 3.05) is 11.9 Å². The summed E-state index contributed by atoms with van der Waals surface area (Å²) in [4.78, 5) is 34.3. The number of hydrogen-bond donors (Lipinski definition) is 1. The molecule has 0 aliphatic carbocycles. The number of esters is 1. The average molecular weight is 465 g/mol. The van der Waals surface area contributed by atoms with Gasteiger partial charge in [0.1, 0.15) is 0 Å². The summed E-state index contributed by atoms with van der Waals surface area (Å²) < 4.78 is 30.0. The highest BCUT2D eigenvalue weighted by atomic mass is 32.2. The van der Waals surface area contributed by atoms with Crippen LogP contribution < -0.4 is 5.32 Å². The number of amides is 1. The highest BCUT2D eigenvalue weighted by molar-refractivity contribution is 7.99. The number of carbonyl (C=O) groups is 2. The second-order valence-electron chi connectivity index (χ2n) is 6.81. The molecule has 1 N–H and O–H groups in total. The minimum absolute atomic E-state index is 0.266. The van der Waals surface area contributed by atoms with Gasteiger partial charge >= 0.3 is 5.97 Å². The van der Waals surface area contributed by atoms with Gasteiger partial charge in [0.15, 0.2) is 6.61 Å². The Bertz CT molecular complexity index is 1290. The molecule has 0 spiro atoms. The van der Waals surface area contributed by atoms with Gasteiger partial charge in [-0.2, -0.15) is 8.78 Å². The van der Waals surface area contributed by atoms with E-state index < -0.39 is 24.2 Å². The highest BCUT2D eigenvalue weighted by Crippen LogP contribution is 2.26. The summed E-state index contributed by atoms with van der Waals surface area (Å²) in [6.07, 6.45) is 1.63. The minimum Gasteiger partial charge on any atom is -0.452 e. The number of anilines is 1. The summed E-state index contributed by atoms with van der Waals surface area (Å²) in [6.45, 7) is -0.512. The summed E-state index contributed by atoms with van der Waals surface area (Å²) in [5.74, 6) is -3.75. The van der Waals surface area contributed by atoms with Crippen LogP contribution in [0.5, 0.6) is 0 Å². The van der Waals surface area contributed by atoms with Crippen molar-refractivity contribution in [3.05, 3.63) is 84.6 Å². The highest BCUT2D eigenvalue weighted by Gasteiger charge is 2.17. The Balaban J connectivity index is 1.47. The zero-order valence-electron chi connectivity index (χ0n) is 17.1. The minimum atomic E-state index is -2.52. The monoisotopic (exact) mass is 465 g/mol. The van der Waals surface area contributed by atoms with E-state index in [1.54, 1.807) is 42.6 Å². The van der Waals surface area contributed by atoms with E-state index in [-0.39, 0.29) is 5.56 Å². The predicted molar refractivity (Wildman–Crippen MR) is 122 cm³/mol. The van der Waals surface area contributed by atoms with Crippen LogP contribution in [-0.2, 0) is 9.53 Å². The van der Waals surface area contributed by atoms with Gasteiger partial charge < -0.3 is 10.1 Å². The Kier molecular flexibility index (Phi) is 6.89. The SMILES string of the molecule is O=C(COC(=O)c1cc(-c2ccccn2)nc2ccccc12)Nc1ccc(SC(F)F)cc1. The summed E-state index contributed by atoms with van der Waals surface area (Å²) in [5.41, 5.74) is 2.37. The lowest BCUT2D eigenvalue weighted by molar-refractivity contribution is -0.119. The molecule has 0 radical (unpaired) electrons. The zero-order chi connectivity index (χ0) is 23.2. The van der Waals surface area contributed by atoms with Gasteiger partial charge in [-0.25, -0.2) is 9.78 Å². The van der Waals surface area contributed by atoms with Crippen molar-refractivity contribution in [1.82, 2.24) is 9.97 Å². The topological polar surface area (TPSA) is 81.2 Å². The summed E-state index contributed by atoms with van der Waals surface area (Å²) in [7, 11) is 0. The van der Waals surface area contributed by atoms with Crippen LogP contribution in [0.3, 0.4) is 0 Å². The van der Waals surface area contributed by atoms with Crippen LogP contribution in [0.1, 0.15) is 10.4 Å². The molecule has 33 heavy (non-hydrogen) atoms. The smallest absolute Gasteiger partial charge is 0.339 e. The third kappa shape index (κ3) is 5.69. The number of rotatable bonds is 7. The van der Waals surface area contributed by atoms with Crippen LogP contribution in [-0.4, -0.2) is 34.2 Å². The largest absolute Gasteiger partial charge is 0.452 e. The van der Waals surface area contributed by atoms with E-state index in [0.29, 0.717) is 44.6 Å². The van der Waals surface area contributed by atoms with Gasteiger partial charge in [-0.15, -0.1) is 0 Å². The summed E-state index contributed by atoms with van der Waals surface area (Å²) in [5, 5.41) is 3.16. The van der Waals surface area contributed by atoms with Crippen LogP contribution in [0.2, 0.25) is 0 Å². The number of thioether (sulfide) groups is 1. The number of para-hydroxylation sites is 1. The Morgan fingerprint density at radius 1 is 0.970 bits per heavy atom. The van der Waals surface area contributed by atoms with E-state index in [9.17, 15) is 18.4 Å². The van der Waals surface area contributed by atoms with Gasteiger partial charge in [-0.05, 0) is 48.5 Å². The first-order chi connectivity index (χ1) is 16.0. The van der Waals surface area contributed by atoms with E-state index in [2.05, 4.69) is 15.3 Å². The van der Waals surface area contributed by atoms with Crippen molar-refractivity contribution in [2.24, 2.45) is 0 Å². The van der Waals surface area contributed by atoms with Crippen molar-refractivity contribution < 1.29 is 23.1 Å². The molecule has 0 fully saturated rings. The fraction of sp³-hybridized carbons (Fsp3) is 0.0833. The Morgan fingerprint density at radius 2 is 1.73 bits per heavy atom. The zero-order valence-corrected chi connectivity index (χ0v) is 17.9. The standard InChI is InChI=1S/C24H17F2N3O3S/c25-24(26)33-16-10-8-15(9-11-16)28-22(30)14-32-23(31)18-13-21(20-7-3-4-12-27-20)29-19-6-2-1-5-17(18)19/h1-13,24H,14H2,(H,28,30). The molecule has 0 aliphatic heterocycles. The normalized spacial score (nSPS) is 10.9. The van der Waals surface area contributed by atoms with Crippen molar-refractivity contribution in [3.63, 3.8) is 0 Å². The molecule has 0 atom stereocenters. The van der Waals surface area contributed by atoms with Crippen LogP contribution in [0, 0.1) is 0 Å². The predicted octanol–water partition coefficient (Wildman–Crippen LogP) is 5.41. The van der Waals surface area contributed by atoms with Gasteiger partial charge in [0.2, 0.25) is 0 Å². The van der Waals surface area contributed by atoms with Crippen molar-refractivity contribution >= 4 is 40.2 Å². The molecule has 9 heteroatoms. The molecule has 1 amide bonds. The average Bonchev–Trinajstić information content (AvgIpc) is 2.83. The molecule has 0 saturated carbocycles. The van der Waals surface area contributed by atoms with Crippen LogP contribution >= 0.6 is 11.8 Å². The Labute approximate surface area is 192 Å². The number of carbonyl (C=O) groups excluding carboxylic acids is 2. The third-order valence-electron chi connectivity index (χ3n) is 4.56. The molecular formula is C24H17F2N3O3S. The molecule has 0 bridgehead atoms. The number of halogens is 2. The molecule has 2 heterocycles. The molecule has 6 nitrogen and oxygen atoms in total. The second kappa shape index (κ2) is 10.2. The lowest BCUT2D eigenvalue weighted by atomic mass is 10.1. The first kappa shape index (κ1) is 22.3. The molecule has 0 aliphatic rings. The number of ether oxygens (including phenoxy) is 1. The van der Waals surface area contributed by atoms with E-state index in [1.165, 1.54) is 24.3 Å². The third-order valence-corrected chi connectivity index (χ3v) is 5.28. The molecular weight excluding hydrogens is 448 g/mol. The molecule has 2 aromatic heterocycles. The summed E-state index contributed by atoms with van der Waals surface area (Å²) in [6, 6.07) is 20.0. The summed E-state index contributed by atoms with van der Waals surface area (Å²) >= 11 is 0.413. The number of alkyl halides is 2. The number of fused-ring (bicyclic) bond motifs is 1. The van der Waals surface area contributed by atoms with E-state index >= 15 is 0 Å². The Hall–Kier alpha value is -3.85. The molecule has 2 aromatic carbocycles. The van der Waals surface area contributed by atoms with E-state index in [4.69, 9.17) is 4.74 Å². The second-order valence-corrected chi connectivity index (χ2v) is 7.88. The molecule has 4 aromatic rings. The maximum Gasteiger partial charge on any atom is 0.339 e. The van der Waals surface area contributed by atoms with Crippen LogP contribution in [0.4, 0.5) is 14.5 Å². The number of nitrogens with zero attached hydrogens (tertiary/aromatic N) is 2. The lowest BCUT2D eigenvalue weighted by Gasteiger charge is -2.10. The maximum atomic E-state index is 12.8. The molecule has 0 unspecified atom stereocenters. The maximum absolute atomic E-state index is 12.8. The fourth-order valence-corrected chi connectivity index (χ4v) is 3.61. The van der Waals surface area contributed by atoms with E-state index in [1.807, 2.05) is 12.1 Å². The molecule has 4 rings (SSSR count). The van der Waals surface area contributed by atoms with Gasteiger partial charge in [-0.1, -0.05) is 36.0 Å². The van der Waals surface area contributed by atoms with Gasteiger partial charge in [0, 0.05) is 22.2 Å². The Morgan fingerprint density at radius 3 is 2.45 bits per heavy atom. The quantitative estimate of drug-likeness (QED) is 0.290. The number of nitrogens with one attached hydrogen (secondary N) is 1. The van der Waals surface area contributed by atoms with E-state index in [0.717, 1.165) is 0 Å². The number of pyridine rings is 2. The van der Waals surface area contributed by atoms with Crippen LogP contribution in [0.25, 0.3) is 22.3 Å². The first-order valence-corrected chi connectivity index (χ1v) is 10.7. The number of hydrogen-bond acceptors (Lipinski definition) is 6. The van der Waals surface area contributed by atoms with Gasteiger partial charge in [-0.3, -0.25) is 9.78 Å². The van der Waals surface area contributed by atoms with Crippen molar-refractivity contribution in [3.8, 4) is 11.4 Å². The first-order valence-electron chi connectivity index (χ1n) is 9.82. The molecule has 166 valence electrons. The van der Waals surface area contributed by atoms with Gasteiger partial charge in [0.05, 0.1) is 22.5 Å².